The highest BCUT2D eigenvalue weighted by Gasteiger charge is 2.61. The summed E-state index contributed by atoms with van der Waals surface area (Å²) in [6.45, 7) is 1.62. The van der Waals surface area contributed by atoms with Crippen molar-refractivity contribution in [3.8, 4) is 0 Å². The molecule has 3 N–H and O–H groups in total. The maximum Gasteiger partial charge on any atom is 0.341 e. The summed E-state index contributed by atoms with van der Waals surface area (Å²) in [5.41, 5.74) is 5.24. The molecule has 0 aromatic heterocycles. The molecule has 2 aromatic rings. The highest BCUT2D eigenvalue weighted by atomic mass is 79.9. The monoisotopic (exact) mass is 512 g/mol. The molecule has 0 radical (unpaired) electrons. The highest BCUT2D eigenvalue weighted by Crippen LogP contribution is 2.53. The smallest absolute Gasteiger partial charge is 0.341 e. The number of amides is 1. The fraction of sp³-hybridized carbons (Fsp3) is 0.208. The van der Waals surface area contributed by atoms with Gasteiger partial charge in [-0.25, -0.2) is 4.79 Å². The van der Waals surface area contributed by atoms with Gasteiger partial charge >= 0.3 is 5.97 Å². The van der Waals surface area contributed by atoms with Crippen LogP contribution in [0.4, 0.5) is 5.69 Å². The molecule has 0 saturated heterocycles. The Morgan fingerprint density at radius 3 is 2.55 bits per heavy atom. The number of methoxy groups -OCH3 is 1. The van der Waals surface area contributed by atoms with Gasteiger partial charge in [0.2, 0.25) is 11.8 Å². The topological polar surface area (TPSA) is 117 Å². The normalized spacial score (nSPS) is 19.3. The number of halogens is 1. The van der Waals surface area contributed by atoms with E-state index in [2.05, 4.69) is 21.2 Å². The SMILES string of the molecule is COCCOC(=O)C1=C(N)OC(C)=C(C(=O)c2ccccc2)C12C(=O)Nc1ccc(Br)cc12. The molecule has 2 aromatic carbocycles. The summed E-state index contributed by atoms with van der Waals surface area (Å²) in [5.74, 6) is -2.12. The molecular formula is C24H21BrN2O6. The lowest BCUT2D eigenvalue weighted by molar-refractivity contribution is -0.142. The highest BCUT2D eigenvalue weighted by molar-refractivity contribution is 9.10. The van der Waals surface area contributed by atoms with Crippen molar-refractivity contribution in [3.63, 3.8) is 0 Å². The predicted molar refractivity (Wildman–Crippen MR) is 123 cm³/mol. The van der Waals surface area contributed by atoms with Crippen LogP contribution in [0.3, 0.4) is 0 Å². The van der Waals surface area contributed by atoms with E-state index in [1.54, 1.807) is 55.5 Å². The Morgan fingerprint density at radius 1 is 1.12 bits per heavy atom. The van der Waals surface area contributed by atoms with Gasteiger partial charge in [-0.3, -0.25) is 9.59 Å². The minimum absolute atomic E-state index is 0.00376. The van der Waals surface area contributed by atoms with Crippen molar-refractivity contribution >= 4 is 39.3 Å². The van der Waals surface area contributed by atoms with E-state index in [4.69, 9.17) is 19.9 Å². The number of rotatable bonds is 6. The fourth-order valence-corrected chi connectivity index (χ4v) is 4.58. The first-order valence-electron chi connectivity index (χ1n) is 10.1. The van der Waals surface area contributed by atoms with Gasteiger partial charge < -0.3 is 25.3 Å². The standard InChI is InChI=1S/C24H21BrN2O6/c1-13-18(20(28)14-6-4-3-5-7-14)24(16-12-15(25)8-9-17(16)27-23(24)30)19(21(26)33-13)22(29)32-11-10-31-2/h3-9,12H,10-11,26H2,1-2H3,(H,27,30). The molecule has 0 saturated carbocycles. The van der Waals surface area contributed by atoms with Gasteiger partial charge in [0.25, 0.3) is 0 Å². The third kappa shape index (κ3) is 3.63. The summed E-state index contributed by atoms with van der Waals surface area (Å²) in [4.78, 5) is 40.8. The molecule has 0 fully saturated rings. The number of ketones is 1. The van der Waals surface area contributed by atoms with Crippen LogP contribution in [0.5, 0.6) is 0 Å². The van der Waals surface area contributed by atoms with Gasteiger partial charge in [-0.2, -0.15) is 0 Å². The lowest BCUT2D eigenvalue weighted by atomic mass is 9.66. The largest absolute Gasteiger partial charge is 0.460 e. The maximum atomic E-state index is 13.8. The van der Waals surface area contributed by atoms with Crippen LogP contribution in [0.15, 0.2) is 75.8 Å². The van der Waals surface area contributed by atoms with Gasteiger partial charge in [0.15, 0.2) is 5.78 Å². The van der Waals surface area contributed by atoms with Crippen molar-refractivity contribution in [2.24, 2.45) is 5.73 Å². The van der Waals surface area contributed by atoms with E-state index in [1.165, 1.54) is 7.11 Å². The van der Waals surface area contributed by atoms with Crippen LogP contribution in [-0.2, 0) is 29.2 Å². The molecule has 2 aliphatic rings. The van der Waals surface area contributed by atoms with Crippen LogP contribution in [-0.4, -0.2) is 38.0 Å². The number of nitrogens with one attached hydrogen (secondary N) is 1. The van der Waals surface area contributed by atoms with Crippen LogP contribution >= 0.6 is 15.9 Å². The molecule has 1 amide bonds. The van der Waals surface area contributed by atoms with E-state index in [0.29, 0.717) is 21.3 Å². The van der Waals surface area contributed by atoms with Gasteiger partial charge in [-0.05, 0) is 25.1 Å². The summed E-state index contributed by atoms with van der Waals surface area (Å²) < 4.78 is 16.6. The Bertz CT molecular complexity index is 1220. The molecule has 0 aliphatic carbocycles. The number of hydrogen-bond donors (Lipinski definition) is 2. The third-order valence-corrected chi connectivity index (χ3v) is 6.07. The number of hydrogen-bond acceptors (Lipinski definition) is 7. The molecule has 8 nitrogen and oxygen atoms in total. The van der Waals surface area contributed by atoms with E-state index in [0.717, 1.165) is 0 Å². The van der Waals surface area contributed by atoms with Crippen molar-refractivity contribution in [3.05, 3.63) is 86.9 Å². The molecular weight excluding hydrogens is 492 g/mol. The van der Waals surface area contributed by atoms with Gasteiger partial charge in [-0.1, -0.05) is 46.3 Å². The maximum absolute atomic E-state index is 13.8. The van der Waals surface area contributed by atoms with Gasteiger partial charge in [0, 0.05) is 28.4 Å². The number of Topliss-reactive ketones (excluding diaryl/α,β-unsaturated/α-hetero) is 1. The predicted octanol–water partition coefficient (Wildman–Crippen LogP) is 3.19. The van der Waals surface area contributed by atoms with Crippen LogP contribution in [0.1, 0.15) is 22.8 Å². The summed E-state index contributed by atoms with van der Waals surface area (Å²) in [5, 5.41) is 2.79. The number of ether oxygens (including phenoxy) is 3. The molecule has 4 rings (SSSR count). The fourth-order valence-electron chi connectivity index (χ4n) is 4.22. The number of carbonyl (C=O) groups excluding carboxylic acids is 3. The van der Waals surface area contributed by atoms with Crippen molar-refractivity contribution in [2.45, 2.75) is 12.3 Å². The van der Waals surface area contributed by atoms with E-state index in [9.17, 15) is 14.4 Å². The van der Waals surface area contributed by atoms with Crippen molar-refractivity contribution in [2.75, 3.05) is 25.6 Å². The molecule has 1 unspecified atom stereocenters. The number of anilines is 1. The Morgan fingerprint density at radius 2 is 1.85 bits per heavy atom. The second-order valence-electron chi connectivity index (χ2n) is 7.49. The molecule has 1 atom stereocenters. The first-order chi connectivity index (χ1) is 15.8. The van der Waals surface area contributed by atoms with E-state index in [-0.39, 0.29) is 36.0 Å². The molecule has 9 heteroatoms. The summed E-state index contributed by atoms with van der Waals surface area (Å²) in [6, 6.07) is 13.6. The number of esters is 1. The zero-order valence-corrected chi connectivity index (χ0v) is 19.5. The number of fused-ring (bicyclic) bond motifs is 2. The van der Waals surface area contributed by atoms with Crippen LogP contribution in [0, 0.1) is 0 Å². The molecule has 170 valence electrons. The Labute approximate surface area is 198 Å². The third-order valence-electron chi connectivity index (χ3n) is 5.57. The lowest BCUT2D eigenvalue weighted by Gasteiger charge is -2.36. The molecule has 2 heterocycles. The summed E-state index contributed by atoms with van der Waals surface area (Å²) in [6.07, 6.45) is 0. The first-order valence-corrected chi connectivity index (χ1v) is 10.9. The van der Waals surface area contributed by atoms with E-state index < -0.39 is 23.1 Å². The van der Waals surface area contributed by atoms with E-state index >= 15 is 0 Å². The van der Waals surface area contributed by atoms with Crippen molar-refractivity contribution < 1.29 is 28.6 Å². The van der Waals surface area contributed by atoms with Gasteiger partial charge in [0.05, 0.1) is 12.2 Å². The second kappa shape index (κ2) is 8.84. The molecule has 0 bridgehead atoms. The van der Waals surface area contributed by atoms with Gasteiger partial charge in [0.1, 0.15) is 23.4 Å². The number of allylic oxidation sites excluding steroid dienone is 1. The van der Waals surface area contributed by atoms with E-state index in [1.807, 2.05) is 0 Å². The number of nitrogens with two attached hydrogens (primary N) is 1. The number of carbonyl (C=O) groups is 3. The van der Waals surface area contributed by atoms with Crippen molar-refractivity contribution in [1.29, 1.82) is 0 Å². The number of benzene rings is 2. The Kier molecular flexibility index (Phi) is 6.09. The van der Waals surface area contributed by atoms with Crippen LogP contribution in [0.25, 0.3) is 0 Å². The zero-order valence-electron chi connectivity index (χ0n) is 17.9. The Balaban J connectivity index is 1.99. The van der Waals surface area contributed by atoms with Crippen LogP contribution in [0.2, 0.25) is 0 Å². The van der Waals surface area contributed by atoms with Crippen molar-refractivity contribution in [1.82, 2.24) is 0 Å². The summed E-state index contributed by atoms with van der Waals surface area (Å²) in [7, 11) is 1.47. The molecule has 33 heavy (non-hydrogen) atoms. The average molecular weight is 513 g/mol. The molecule has 1 spiro atoms. The first kappa shape index (κ1) is 22.8. The van der Waals surface area contributed by atoms with Gasteiger partial charge in [-0.15, -0.1) is 0 Å². The second-order valence-corrected chi connectivity index (χ2v) is 8.41. The summed E-state index contributed by atoms with van der Waals surface area (Å²) >= 11 is 3.42. The lowest BCUT2D eigenvalue weighted by Crippen LogP contribution is -2.48. The zero-order chi connectivity index (χ0) is 23.8. The Hall–Kier alpha value is -3.43. The quantitative estimate of drug-likeness (QED) is 0.346. The molecule has 2 aliphatic heterocycles. The van der Waals surface area contributed by atoms with Crippen LogP contribution < -0.4 is 11.1 Å². The minimum Gasteiger partial charge on any atom is -0.460 e. The minimum atomic E-state index is -1.86. The average Bonchev–Trinajstić information content (AvgIpc) is 3.05.